The number of nitrogens with zero attached hydrogens (tertiary/aromatic N) is 6. The van der Waals surface area contributed by atoms with Crippen LogP contribution in [0.5, 0.6) is 0 Å². The Balaban J connectivity index is 1.70. The molecule has 0 bridgehead atoms. The molecule has 8 nitrogen and oxygen atoms in total. The molecule has 8 heteroatoms. The summed E-state index contributed by atoms with van der Waals surface area (Å²) in [5.74, 6) is 0.840. The minimum absolute atomic E-state index is 0.189. The number of hydrogen-bond acceptors (Lipinski definition) is 7. The summed E-state index contributed by atoms with van der Waals surface area (Å²) in [7, 11) is 3.88. The van der Waals surface area contributed by atoms with Crippen molar-refractivity contribution in [1.82, 2.24) is 19.9 Å². The number of carbonyl (C=O) groups is 1. The van der Waals surface area contributed by atoms with Crippen molar-refractivity contribution >= 4 is 34.7 Å². The molecule has 0 spiro atoms. The molecule has 1 amide bonds. The molecule has 1 N–H and O–H groups in total. The maximum Gasteiger partial charge on any atom is 0.255 e. The summed E-state index contributed by atoms with van der Waals surface area (Å²) in [5, 5.41) is 2.99. The lowest BCUT2D eigenvalue weighted by Crippen LogP contribution is -2.17. The van der Waals surface area contributed by atoms with Crippen LogP contribution in [0.15, 0.2) is 79.5 Å². The Kier molecular flexibility index (Phi) is 6.03. The summed E-state index contributed by atoms with van der Waals surface area (Å²) in [4.78, 5) is 34.1. The van der Waals surface area contributed by atoms with Crippen LogP contribution in [-0.2, 0) is 0 Å². The first-order valence-corrected chi connectivity index (χ1v) is 10.1. The molecule has 0 fully saturated rings. The molecule has 160 valence electrons. The Labute approximate surface area is 186 Å². The summed E-state index contributed by atoms with van der Waals surface area (Å²) in [6.07, 6.45) is 8.21. The van der Waals surface area contributed by atoms with Gasteiger partial charge in [-0.15, -0.1) is 0 Å². The third-order valence-electron chi connectivity index (χ3n) is 4.86. The molecule has 2 aromatic heterocycles. The summed E-state index contributed by atoms with van der Waals surface area (Å²) in [6.45, 7) is 1.98. The van der Waals surface area contributed by atoms with Crippen LogP contribution in [0.4, 0.5) is 28.8 Å². The van der Waals surface area contributed by atoms with Gasteiger partial charge in [-0.2, -0.15) is 0 Å². The van der Waals surface area contributed by atoms with Crippen LogP contribution >= 0.6 is 0 Å². The number of aryl methyl sites for hydroxylation is 1. The maximum absolute atomic E-state index is 12.9. The molecule has 32 heavy (non-hydrogen) atoms. The molecule has 2 aromatic carbocycles. The van der Waals surface area contributed by atoms with Crippen molar-refractivity contribution in [2.45, 2.75) is 6.92 Å². The van der Waals surface area contributed by atoms with Crippen LogP contribution in [0, 0.1) is 6.92 Å². The van der Waals surface area contributed by atoms with E-state index in [1.54, 1.807) is 43.1 Å². The molecule has 4 rings (SSSR count). The van der Waals surface area contributed by atoms with Gasteiger partial charge in [0.05, 0.1) is 11.9 Å². The summed E-state index contributed by atoms with van der Waals surface area (Å²) >= 11 is 0. The van der Waals surface area contributed by atoms with Crippen molar-refractivity contribution in [3.63, 3.8) is 0 Å². The Hall–Kier alpha value is -4.33. The molecule has 0 aliphatic rings. The zero-order valence-corrected chi connectivity index (χ0v) is 18.1. The smallest absolute Gasteiger partial charge is 0.255 e. The lowest BCUT2D eigenvalue weighted by molar-refractivity contribution is 0.102. The predicted octanol–water partition coefficient (Wildman–Crippen LogP) is 4.36. The molecule has 0 unspecified atom stereocenters. The van der Waals surface area contributed by atoms with E-state index in [9.17, 15) is 4.79 Å². The van der Waals surface area contributed by atoms with Crippen molar-refractivity contribution in [3.8, 4) is 0 Å². The molecule has 0 aliphatic heterocycles. The van der Waals surface area contributed by atoms with Crippen molar-refractivity contribution in [2.24, 2.45) is 0 Å². The van der Waals surface area contributed by atoms with E-state index < -0.39 is 0 Å². The van der Waals surface area contributed by atoms with Crippen molar-refractivity contribution < 1.29 is 4.79 Å². The quantitative estimate of drug-likeness (QED) is 0.491. The number of carbonyl (C=O) groups excluding carboxylic acids is 1. The first-order valence-electron chi connectivity index (χ1n) is 10.1. The number of amides is 1. The van der Waals surface area contributed by atoms with Gasteiger partial charge in [-0.3, -0.25) is 14.7 Å². The topological polar surface area (TPSA) is 87.1 Å². The van der Waals surface area contributed by atoms with E-state index in [0.29, 0.717) is 23.0 Å². The minimum atomic E-state index is -0.189. The van der Waals surface area contributed by atoms with E-state index in [0.717, 1.165) is 16.9 Å². The van der Waals surface area contributed by atoms with Gasteiger partial charge in [0.1, 0.15) is 0 Å². The van der Waals surface area contributed by atoms with Gasteiger partial charge < -0.3 is 10.2 Å². The van der Waals surface area contributed by atoms with E-state index in [1.165, 1.54) is 0 Å². The van der Waals surface area contributed by atoms with E-state index in [-0.39, 0.29) is 5.91 Å². The number of nitrogens with one attached hydrogen (secondary N) is 1. The molecule has 4 aromatic rings. The molecule has 0 saturated carbocycles. The fourth-order valence-electron chi connectivity index (χ4n) is 3.20. The molecule has 0 atom stereocenters. The van der Waals surface area contributed by atoms with Crippen LogP contribution in [0.25, 0.3) is 0 Å². The molecule has 0 radical (unpaired) electrons. The highest BCUT2D eigenvalue weighted by Gasteiger charge is 2.19. The zero-order chi connectivity index (χ0) is 22.5. The van der Waals surface area contributed by atoms with E-state index >= 15 is 0 Å². The van der Waals surface area contributed by atoms with Crippen LogP contribution < -0.4 is 15.1 Å². The number of anilines is 5. The second-order valence-electron chi connectivity index (χ2n) is 7.35. The van der Waals surface area contributed by atoms with Crippen molar-refractivity contribution in [3.05, 3.63) is 90.6 Å². The minimum Gasteiger partial charge on any atom is -0.378 e. The molecular weight excluding hydrogens is 402 g/mol. The second kappa shape index (κ2) is 9.22. The van der Waals surface area contributed by atoms with Crippen LogP contribution in [0.2, 0.25) is 0 Å². The third kappa shape index (κ3) is 4.54. The predicted molar refractivity (Wildman–Crippen MR) is 126 cm³/mol. The van der Waals surface area contributed by atoms with Crippen LogP contribution in [0.3, 0.4) is 0 Å². The fraction of sp³-hybridized carbons (Fsp3) is 0.125. The average Bonchev–Trinajstić information content (AvgIpc) is 2.82. The first kappa shape index (κ1) is 20.9. The monoisotopic (exact) mass is 425 g/mol. The Morgan fingerprint density at radius 1 is 0.906 bits per heavy atom. The summed E-state index contributed by atoms with van der Waals surface area (Å²) in [5.41, 5.74) is 3.94. The number of rotatable bonds is 6. The average molecular weight is 425 g/mol. The largest absolute Gasteiger partial charge is 0.378 e. The standard InChI is InChI=1S/C24H23N7O/c1-17-8-9-19(29-23(32)18-6-4-7-20(14-18)30(2)3)15-21(17)31(22-16-25-12-13-26-22)24-27-10-5-11-28-24/h4-16H,1-3H3,(H,29,32). The van der Waals surface area contributed by atoms with Gasteiger partial charge in [0.2, 0.25) is 5.95 Å². The maximum atomic E-state index is 12.9. The third-order valence-corrected chi connectivity index (χ3v) is 4.86. The van der Waals surface area contributed by atoms with Crippen LogP contribution in [-0.4, -0.2) is 39.9 Å². The number of aromatic nitrogens is 4. The van der Waals surface area contributed by atoms with E-state index in [4.69, 9.17) is 0 Å². The van der Waals surface area contributed by atoms with Crippen molar-refractivity contribution in [2.75, 3.05) is 29.2 Å². The van der Waals surface area contributed by atoms with Gasteiger partial charge in [-0.25, -0.2) is 15.0 Å². The van der Waals surface area contributed by atoms with Gasteiger partial charge >= 0.3 is 0 Å². The SMILES string of the molecule is Cc1ccc(NC(=O)c2cccc(N(C)C)c2)cc1N(c1cnccn1)c1ncccn1. The van der Waals surface area contributed by atoms with Gasteiger partial charge in [-0.05, 0) is 48.9 Å². The van der Waals surface area contributed by atoms with Crippen molar-refractivity contribution in [1.29, 1.82) is 0 Å². The summed E-state index contributed by atoms with van der Waals surface area (Å²) in [6, 6.07) is 14.9. The highest BCUT2D eigenvalue weighted by molar-refractivity contribution is 6.05. The van der Waals surface area contributed by atoms with Gasteiger partial charge in [0.15, 0.2) is 5.82 Å². The highest BCUT2D eigenvalue weighted by Crippen LogP contribution is 2.34. The van der Waals surface area contributed by atoms with E-state index in [2.05, 4.69) is 25.3 Å². The highest BCUT2D eigenvalue weighted by atomic mass is 16.1. The summed E-state index contributed by atoms with van der Waals surface area (Å²) < 4.78 is 0. The lowest BCUT2D eigenvalue weighted by Gasteiger charge is -2.23. The normalized spacial score (nSPS) is 10.5. The van der Waals surface area contributed by atoms with Crippen LogP contribution in [0.1, 0.15) is 15.9 Å². The molecule has 0 saturated heterocycles. The van der Waals surface area contributed by atoms with E-state index in [1.807, 2.05) is 67.2 Å². The number of hydrogen-bond donors (Lipinski definition) is 1. The second-order valence-corrected chi connectivity index (χ2v) is 7.35. The van der Waals surface area contributed by atoms with Gasteiger partial charge in [0, 0.05) is 55.8 Å². The fourth-order valence-corrected chi connectivity index (χ4v) is 3.20. The Morgan fingerprint density at radius 2 is 1.72 bits per heavy atom. The zero-order valence-electron chi connectivity index (χ0n) is 18.1. The number of benzene rings is 2. The molecule has 2 heterocycles. The molecule has 0 aliphatic carbocycles. The Morgan fingerprint density at radius 3 is 2.44 bits per heavy atom. The first-order chi connectivity index (χ1) is 15.5. The lowest BCUT2D eigenvalue weighted by atomic mass is 10.1. The molecular formula is C24H23N7O. The van der Waals surface area contributed by atoms with Gasteiger partial charge in [0.25, 0.3) is 5.91 Å². The Bertz CT molecular complexity index is 1170. The van der Waals surface area contributed by atoms with Gasteiger partial charge in [-0.1, -0.05) is 12.1 Å².